The van der Waals surface area contributed by atoms with Crippen molar-refractivity contribution in [3.8, 4) is 5.75 Å². The summed E-state index contributed by atoms with van der Waals surface area (Å²) in [6.07, 6.45) is 6.29. The summed E-state index contributed by atoms with van der Waals surface area (Å²) in [5, 5.41) is 0. The van der Waals surface area contributed by atoms with Gasteiger partial charge in [-0.2, -0.15) is 0 Å². The van der Waals surface area contributed by atoms with Gasteiger partial charge in [0.05, 0.1) is 6.61 Å². The van der Waals surface area contributed by atoms with Gasteiger partial charge in [-0.05, 0) is 57.0 Å². The van der Waals surface area contributed by atoms with Gasteiger partial charge in [-0.1, -0.05) is 38.8 Å². The molecule has 1 rings (SSSR count). The van der Waals surface area contributed by atoms with Crippen LogP contribution in [0.3, 0.4) is 0 Å². The van der Waals surface area contributed by atoms with Crippen LogP contribution in [0.2, 0.25) is 0 Å². The summed E-state index contributed by atoms with van der Waals surface area (Å²) in [5.74, 6) is 0.999. The molecular weight excluding hydrogens is 246 g/mol. The van der Waals surface area contributed by atoms with E-state index >= 15 is 0 Å². The van der Waals surface area contributed by atoms with E-state index in [1.54, 1.807) is 0 Å². The minimum absolute atomic E-state index is 0.818. The van der Waals surface area contributed by atoms with Crippen molar-refractivity contribution in [2.45, 2.75) is 52.9 Å². The standard InChI is InChI=1S/C18H31NO/c1-4-6-12-19(13-7-5-2)14-9-15-20-18-11-8-10-17(3)16-18/h8,10-11,16H,4-7,9,12-15H2,1-3H3. The summed E-state index contributed by atoms with van der Waals surface area (Å²) >= 11 is 0. The second-order valence-electron chi connectivity index (χ2n) is 5.57. The van der Waals surface area contributed by atoms with Crippen LogP contribution < -0.4 is 4.74 Å². The van der Waals surface area contributed by atoms with E-state index in [9.17, 15) is 0 Å². The van der Waals surface area contributed by atoms with Crippen LogP contribution in [0.1, 0.15) is 51.5 Å². The highest BCUT2D eigenvalue weighted by Gasteiger charge is 2.03. The van der Waals surface area contributed by atoms with Crippen molar-refractivity contribution >= 4 is 0 Å². The zero-order valence-corrected chi connectivity index (χ0v) is 13.5. The van der Waals surface area contributed by atoms with Gasteiger partial charge in [0, 0.05) is 6.54 Å². The molecule has 20 heavy (non-hydrogen) atoms. The molecule has 0 unspecified atom stereocenters. The quantitative estimate of drug-likeness (QED) is 0.545. The SMILES string of the molecule is CCCCN(CCCC)CCCOc1cccc(C)c1. The molecule has 0 saturated heterocycles. The Labute approximate surface area is 125 Å². The molecule has 2 nitrogen and oxygen atoms in total. The normalized spacial score (nSPS) is 11.0. The molecule has 0 saturated carbocycles. The van der Waals surface area contributed by atoms with Crippen LogP contribution in [0.5, 0.6) is 5.75 Å². The molecule has 0 aliphatic rings. The maximum atomic E-state index is 5.82. The topological polar surface area (TPSA) is 12.5 Å². The summed E-state index contributed by atoms with van der Waals surface area (Å²) in [7, 11) is 0. The molecule has 0 aliphatic carbocycles. The summed E-state index contributed by atoms with van der Waals surface area (Å²) in [6, 6.07) is 8.30. The third kappa shape index (κ3) is 7.54. The molecule has 2 heteroatoms. The van der Waals surface area contributed by atoms with Crippen molar-refractivity contribution in [3.05, 3.63) is 29.8 Å². The molecule has 0 atom stereocenters. The lowest BCUT2D eigenvalue weighted by Gasteiger charge is -2.21. The maximum absolute atomic E-state index is 5.82. The number of hydrogen-bond donors (Lipinski definition) is 0. The molecule has 1 aromatic rings. The Morgan fingerprint density at radius 2 is 1.60 bits per heavy atom. The molecule has 114 valence electrons. The average molecular weight is 277 g/mol. The van der Waals surface area contributed by atoms with Gasteiger partial charge in [0.15, 0.2) is 0 Å². The van der Waals surface area contributed by atoms with Crippen LogP contribution in [0.4, 0.5) is 0 Å². The number of hydrogen-bond acceptors (Lipinski definition) is 2. The zero-order valence-electron chi connectivity index (χ0n) is 13.5. The highest BCUT2D eigenvalue weighted by molar-refractivity contribution is 5.27. The van der Waals surface area contributed by atoms with E-state index in [4.69, 9.17) is 4.74 Å². The van der Waals surface area contributed by atoms with Crippen molar-refractivity contribution in [1.82, 2.24) is 4.90 Å². The zero-order chi connectivity index (χ0) is 14.6. The molecule has 1 aromatic carbocycles. The van der Waals surface area contributed by atoms with E-state index in [0.29, 0.717) is 0 Å². The van der Waals surface area contributed by atoms with E-state index in [1.807, 2.05) is 6.07 Å². The smallest absolute Gasteiger partial charge is 0.119 e. The minimum atomic E-state index is 0.818. The van der Waals surface area contributed by atoms with E-state index in [0.717, 1.165) is 25.3 Å². The number of nitrogens with zero attached hydrogens (tertiary/aromatic N) is 1. The molecule has 0 aliphatic heterocycles. The molecular formula is C18H31NO. The van der Waals surface area contributed by atoms with Gasteiger partial charge in [-0.3, -0.25) is 0 Å². The molecule has 0 bridgehead atoms. The van der Waals surface area contributed by atoms with Crippen molar-refractivity contribution in [2.24, 2.45) is 0 Å². The minimum Gasteiger partial charge on any atom is -0.494 e. The molecule has 0 heterocycles. The number of benzene rings is 1. The van der Waals surface area contributed by atoms with Gasteiger partial charge < -0.3 is 9.64 Å². The van der Waals surface area contributed by atoms with Gasteiger partial charge in [0.1, 0.15) is 5.75 Å². The fourth-order valence-electron chi connectivity index (χ4n) is 2.28. The largest absolute Gasteiger partial charge is 0.494 e. The van der Waals surface area contributed by atoms with Crippen molar-refractivity contribution in [1.29, 1.82) is 0 Å². The van der Waals surface area contributed by atoms with Crippen molar-refractivity contribution < 1.29 is 4.74 Å². The fraction of sp³-hybridized carbons (Fsp3) is 0.667. The maximum Gasteiger partial charge on any atom is 0.119 e. The second kappa shape index (κ2) is 10.7. The van der Waals surface area contributed by atoms with Gasteiger partial charge in [-0.15, -0.1) is 0 Å². The van der Waals surface area contributed by atoms with Crippen LogP contribution in [-0.4, -0.2) is 31.1 Å². The molecule has 0 amide bonds. The van der Waals surface area contributed by atoms with Crippen LogP contribution in [0, 0.1) is 6.92 Å². The Bertz CT molecular complexity index is 343. The summed E-state index contributed by atoms with van der Waals surface area (Å²) in [4.78, 5) is 2.59. The first-order valence-electron chi connectivity index (χ1n) is 8.18. The first-order valence-corrected chi connectivity index (χ1v) is 8.18. The van der Waals surface area contributed by atoms with Crippen LogP contribution >= 0.6 is 0 Å². The van der Waals surface area contributed by atoms with Gasteiger partial charge in [0.2, 0.25) is 0 Å². The van der Waals surface area contributed by atoms with Crippen LogP contribution in [-0.2, 0) is 0 Å². The Morgan fingerprint density at radius 3 is 2.20 bits per heavy atom. The van der Waals surface area contributed by atoms with Crippen LogP contribution in [0.15, 0.2) is 24.3 Å². The molecule has 0 aromatic heterocycles. The molecule has 0 spiro atoms. The highest BCUT2D eigenvalue weighted by atomic mass is 16.5. The monoisotopic (exact) mass is 277 g/mol. The Kier molecular flexibility index (Phi) is 9.14. The van der Waals surface area contributed by atoms with Gasteiger partial charge >= 0.3 is 0 Å². The summed E-state index contributed by atoms with van der Waals surface area (Å²) in [5.41, 5.74) is 1.26. The molecule has 0 N–H and O–H groups in total. The summed E-state index contributed by atoms with van der Waals surface area (Å²) < 4.78 is 5.82. The summed E-state index contributed by atoms with van der Waals surface area (Å²) in [6.45, 7) is 11.1. The van der Waals surface area contributed by atoms with E-state index in [-0.39, 0.29) is 0 Å². The lowest BCUT2D eigenvalue weighted by atomic mass is 10.2. The fourth-order valence-corrected chi connectivity index (χ4v) is 2.28. The van der Waals surface area contributed by atoms with Gasteiger partial charge in [0.25, 0.3) is 0 Å². The third-order valence-electron chi connectivity index (χ3n) is 3.53. The predicted molar refractivity (Wildman–Crippen MR) is 87.5 cm³/mol. The third-order valence-corrected chi connectivity index (χ3v) is 3.53. The van der Waals surface area contributed by atoms with E-state index < -0.39 is 0 Å². The Hall–Kier alpha value is -1.02. The lowest BCUT2D eigenvalue weighted by Crippen LogP contribution is -2.28. The second-order valence-corrected chi connectivity index (χ2v) is 5.57. The van der Waals surface area contributed by atoms with Gasteiger partial charge in [-0.25, -0.2) is 0 Å². The first-order chi connectivity index (χ1) is 9.76. The van der Waals surface area contributed by atoms with Crippen LogP contribution in [0.25, 0.3) is 0 Å². The number of aryl methyl sites for hydroxylation is 1. The average Bonchev–Trinajstić information content (AvgIpc) is 2.45. The van der Waals surface area contributed by atoms with Crippen molar-refractivity contribution in [2.75, 3.05) is 26.2 Å². The number of rotatable bonds is 11. The first kappa shape index (κ1) is 17.0. The molecule has 0 radical (unpaired) electrons. The Balaban J connectivity index is 2.21. The number of ether oxygens (including phenoxy) is 1. The number of unbranched alkanes of at least 4 members (excludes halogenated alkanes) is 2. The molecule has 0 fully saturated rings. The van der Waals surface area contributed by atoms with E-state index in [1.165, 1.54) is 44.3 Å². The highest BCUT2D eigenvalue weighted by Crippen LogP contribution is 2.12. The van der Waals surface area contributed by atoms with E-state index in [2.05, 4.69) is 43.9 Å². The lowest BCUT2D eigenvalue weighted by molar-refractivity contribution is 0.229. The predicted octanol–water partition coefficient (Wildman–Crippen LogP) is 4.67. The van der Waals surface area contributed by atoms with Crippen molar-refractivity contribution in [3.63, 3.8) is 0 Å². The Morgan fingerprint density at radius 1 is 0.950 bits per heavy atom.